The van der Waals surface area contributed by atoms with E-state index in [2.05, 4.69) is 0 Å². The van der Waals surface area contributed by atoms with Crippen LogP contribution >= 0.6 is 0 Å². The molecule has 0 aliphatic carbocycles. The molecule has 2 aromatic carbocycles. The lowest BCUT2D eigenvalue weighted by Crippen LogP contribution is -2.35. The van der Waals surface area contributed by atoms with Gasteiger partial charge in [-0.1, -0.05) is 36.4 Å². The molecule has 0 bridgehead atoms. The molecule has 0 aromatic heterocycles. The van der Waals surface area contributed by atoms with Crippen LogP contribution in [0.15, 0.2) is 48.5 Å². The summed E-state index contributed by atoms with van der Waals surface area (Å²) < 4.78 is 23.6. The van der Waals surface area contributed by atoms with E-state index in [0.717, 1.165) is 10.5 Å². The highest BCUT2D eigenvalue weighted by atomic mass is 19.1. The molecule has 2 aromatic rings. The summed E-state index contributed by atoms with van der Waals surface area (Å²) in [5, 5.41) is 0. The van der Waals surface area contributed by atoms with Gasteiger partial charge in [-0.05, 0) is 23.3 Å². The predicted octanol–water partition coefficient (Wildman–Crippen LogP) is 3.10. The number of rotatable bonds is 4. The lowest BCUT2D eigenvalue weighted by atomic mass is 10.1. The van der Waals surface area contributed by atoms with Gasteiger partial charge in [-0.25, -0.2) is 14.1 Å². The molecule has 0 unspecified atom stereocenters. The molecule has 3 rings (SSSR count). The van der Waals surface area contributed by atoms with Crippen molar-refractivity contribution in [3.63, 3.8) is 0 Å². The average molecular weight is 329 g/mol. The Morgan fingerprint density at radius 3 is 2.71 bits per heavy atom. The van der Waals surface area contributed by atoms with Crippen LogP contribution in [0.2, 0.25) is 0 Å². The first-order chi connectivity index (χ1) is 11.6. The molecule has 1 aliphatic rings. The standard InChI is InChI=1S/C18H16FNO4/c1-23-16-8-7-12(9-14(16)19)10-17(21)20-15(11-24-18(20)22)13-5-3-2-4-6-13/h2-9,15H,10-11H2,1H3/t15-/m0/s1. The van der Waals surface area contributed by atoms with Gasteiger partial charge in [0.2, 0.25) is 5.91 Å². The number of benzene rings is 2. The molecule has 1 heterocycles. The Morgan fingerprint density at radius 2 is 2.04 bits per heavy atom. The third-order valence-corrected chi connectivity index (χ3v) is 3.90. The molecule has 1 saturated heterocycles. The van der Waals surface area contributed by atoms with Crippen LogP contribution in [0.1, 0.15) is 17.2 Å². The van der Waals surface area contributed by atoms with E-state index in [9.17, 15) is 14.0 Å². The van der Waals surface area contributed by atoms with E-state index in [-0.39, 0.29) is 18.8 Å². The SMILES string of the molecule is COc1ccc(CC(=O)N2C(=O)OC[C@H]2c2ccccc2)cc1F. The van der Waals surface area contributed by atoms with Gasteiger partial charge in [-0.15, -0.1) is 0 Å². The van der Waals surface area contributed by atoms with Crippen LogP contribution in [0.5, 0.6) is 5.75 Å². The van der Waals surface area contributed by atoms with Gasteiger partial charge in [-0.2, -0.15) is 0 Å². The molecule has 0 radical (unpaired) electrons. The molecule has 1 fully saturated rings. The zero-order valence-corrected chi connectivity index (χ0v) is 13.1. The van der Waals surface area contributed by atoms with E-state index in [1.54, 1.807) is 6.07 Å². The van der Waals surface area contributed by atoms with Gasteiger partial charge in [0.05, 0.1) is 13.5 Å². The number of nitrogens with zero attached hydrogens (tertiary/aromatic N) is 1. The third-order valence-electron chi connectivity index (χ3n) is 3.90. The van der Waals surface area contributed by atoms with Crippen LogP contribution in [0.25, 0.3) is 0 Å². The molecule has 1 aliphatic heterocycles. The van der Waals surface area contributed by atoms with E-state index in [1.165, 1.54) is 19.2 Å². The Bertz CT molecular complexity index is 763. The number of amides is 2. The number of halogens is 1. The van der Waals surface area contributed by atoms with Gasteiger partial charge in [0.25, 0.3) is 0 Å². The fraction of sp³-hybridized carbons (Fsp3) is 0.222. The zero-order chi connectivity index (χ0) is 17.1. The number of carbonyl (C=O) groups is 2. The topological polar surface area (TPSA) is 55.8 Å². The molecule has 24 heavy (non-hydrogen) atoms. The van der Waals surface area contributed by atoms with Gasteiger partial charge in [0.15, 0.2) is 11.6 Å². The number of ether oxygens (including phenoxy) is 2. The molecular formula is C18H16FNO4. The van der Waals surface area contributed by atoms with Crippen molar-refractivity contribution in [2.24, 2.45) is 0 Å². The lowest BCUT2D eigenvalue weighted by Gasteiger charge is -2.20. The second kappa shape index (κ2) is 6.70. The molecule has 1 atom stereocenters. The molecule has 5 nitrogen and oxygen atoms in total. The summed E-state index contributed by atoms with van der Waals surface area (Å²) >= 11 is 0. The number of hydrogen-bond acceptors (Lipinski definition) is 4. The molecule has 6 heteroatoms. The molecular weight excluding hydrogens is 313 g/mol. The molecule has 2 amide bonds. The minimum absolute atomic E-state index is 0.0979. The van der Waals surface area contributed by atoms with Crippen LogP contribution in [0, 0.1) is 5.82 Å². The van der Waals surface area contributed by atoms with Crippen molar-refractivity contribution in [1.82, 2.24) is 4.90 Å². The monoisotopic (exact) mass is 329 g/mol. The average Bonchev–Trinajstić information content (AvgIpc) is 2.97. The number of cyclic esters (lactones) is 1. The first-order valence-electron chi connectivity index (χ1n) is 7.46. The Balaban J connectivity index is 1.80. The van der Waals surface area contributed by atoms with Crippen molar-refractivity contribution in [2.45, 2.75) is 12.5 Å². The number of carbonyl (C=O) groups excluding carboxylic acids is 2. The van der Waals surface area contributed by atoms with Crippen molar-refractivity contribution >= 4 is 12.0 Å². The molecule has 0 spiro atoms. The molecule has 124 valence electrons. The Morgan fingerprint density at radius 1 is 1.29 bits per heavy atom. The van der Waals surface area contributed by atoms with Crippen molar-refractivity contribution in [1.29, 1.82) is 0 Å². The third kappa shape index (κ3) is 3.08. The van der Waals surface area contributed by atoms with Crippen LogP contribution < -0.4 is 4.74 Å². The second-order valence-electron chi connectivity index (χ2n) is 5.41. The van der Waals surface area contributed by atoms with E-state index in [4.69, 9.17) is 9.47 Å². The van der Waals surface area contributed by atoms with Crippen molar-refractivity contribution < 1.29 is 23.5 Å². The molecule has 0 N–H and O–H groups in total. The van der Waals surface area contributed by atoms with E-state index in [1.807, 2.05) is 30.3 Å². The zero-order valence-electron chi connectivity index (χ0n) is 13.1. The highest BCUT2D eigenvalue weighted by molar-refractivity contribution is 5.94. The van der Waals surface area contributed by atoms with Crippen molar-refractivity contribution in [2.75, 3.05) is 13.7 Å². The Kier molecular flexibility index (Phi) is 4.46. The maximum atomic E-state index is 13.8. The summed E-state index contributed by atoms with van der Waals surface area (Å²) in [5.41, 5.74) is 1.28. The summed E-state index contributed by atoms with van der Waals surface area (Å²) in [6.07, 6.45) is -0.776. The summed E-state index contributed by atoms with van der Waals surface area (Å²) in [7, 11) is 1.37. The number of imide groups is 1. The lowest BCUT2D eigenvalue weighted by molar-refractivity contribution is -0.128. The van der Waals surface area contributed by atoms with Gasteiger partial charge in [-0.3, -0.25) is 4.79 Å². The van der Waals surface area contributed by atoms with E-state index in [0.29, 0.717) is 5.56 Å². The van der Waals surface area contributed by atoms with Crippen LogP contribution in [-0.2, 0) is 16.0 Å². The minimum Gasteiger partial charge on any atom is -0.494 e. The smallest absolute Gasteiger partial charge is 0.417 e. The fourth-order valence-corrected chi connectivity index (χ4v) is 2.70. The first kappa shape index (κ1) is 16.0. The fourth-order valence-electron chi connectivity index (χ4n) is 2.70. The van der Waals surface area contributed by atoms with E-state index < -0.39 is 23.9 Å². The summed E-state index contributed by atoms with van der Waals surface area (Å²) in [4.78, 5) is 25.6. The Hall–Kier alpha value is -2.89. The van der Waals surface area contributed by atoms with Crippen molar-refractivity contribution in [3.8, 4) is 5.75 Å². The predicted molar refractivity (Wildman–Crippen MR) is 84.0 cm³/mol. The Labute approximate surface area is 138 Å². The van der Waals surface area contributed by atoms with E-state index >= 15 is 0 Å². The largest absolute Gasteiger partial charge is 0.494 e. The van der Waals surface area contributed by atoms with Crippen LogP contribution in [0.3, 0.4) is 0 Å². The van der Waals surface area contributed by atoms with Crippen LogP contribution in [-0.4, -0.2) is 30.6 Å². The quantitative estimate of drug-likeness (QED) is 0.865. The van der Waals surface area contributed by atoms with Gasteiger partial charge >= 0.3 is 6.09 Å². The maximum Gasteiger partial charge on any atom is 0.417 e. The first-order valence-corrected chi connectivity index (χ1v) is 7.46. The minimum atomic E-state index is -0.678. The van der Waals surface area contributed by atoms with Crippen molar-refractivity contribution in [3.05, 3.63) is 65.5 Å². The highest BCUT2D eigenvalue weighted by Gasteiger charge is 2.38. The van der Waals surface area contributed by atoms with Gasteiger partial charge < -0.3 is 9.47 Å². The maximum absolute atomic E-state index is 13.8. The second-order valence-corrected chi connectivity index (χ2v) is 5.41. The van der Waals surface area contributed by atoms with Crippen LogP contribution in [0.4, 0.5) is 9.18 Å². The number of hydrogen-bond donors (Lipinski definition) is 0. The highest BCUT2D eigenvalue weighted by Crippen LogP contribution is 2.28. The summed E-state index contributed by atoms with van der Waals surface area (Å²) in [6.45, 7) is 0.117. The van der Waals surface area contributed by atoms with Gasteiger partial charge in [0.1, 0.15) is 12.6 Å². The summed E-state index contributed by atoms with van der Waals surface area (Å²) in [5.74, 6) is -0.878. The van der Waals surface area contributed by atoms with Gasteiger partial charge in [0, 0.05) is 0 Å². The normalized spacial score (nSPS) is 16.8. The number of methoxy groups -OCH3 is 1. The molecule has 0 saturated carbocycles. The summed E-state index contributed by atoms with van der Waals surface area (Å²) in [6, 6.07) is 13.0.